The van der Waals surface area contributed by atoms with Crippen LogP contribution in [0.5, 0.6) is 5.75 Å². The molecule has 3 aliphatic rings. The van der Waals surface area contributed by atoms with E-state index in [1.807, 2.05) is 85.8 Å². The summed E-state index contributed by atoms with van der Waals surface area (Å²) in [5.41, 5.74) is 6.90. The van der Waals surface area contributed by atoms with Crippen molar-refractivity contribution in [3.8, 4) is 29.4 Å². The third-order valence-electron chi connectivity index (χ3n) is 10.3. The van der Waals surface area contributed by atoms with Gasteiger partial charge in [0.15, 0.2) is 5.75 Å². The van der Waals surface area contributed by atoms with Gasteiger partial charge in [-0.1, -0.05) is 87.8 Å². The van der Waals surface area contributed by atoms with E-state index in [4.69, 9.17) is 24.2 Å². The molecule has 284 valence electrons. The van der Waals surface area contributed by atoms with Crippen LogP contribution in [0.25, 0.3) is 11.0 Å². The summed E-state index contributed by atoms with van der Waals surface area (Å²) >= 11 is 0. The molecule has 9 nitrogen and oxygen atoms in total. The van der Waals surface area contributed by atoms with Crippen LogP contribution in [0, 0.1) is 23.7 Å². The van der Waals surface area contributed by atoms with Crippen molar-refractivity contribution in [1.82, 2.24) is 19.9 Å². The van der Waals surface area contributed by atoms with Gasteiger partial charge in [0.2, 0.25) is 0 Å². The predicted molar refractivity (Wildman–Crippen MR) is 216 cm³/mol. The molecule has 0 amide bonds. The molecule has 5 heterocycles. The first-order valence-electron chi connectivity index (χ1n) is 19.0. The highest BCUT2D eigenvalue weighted by Crippen LogP contribution is 2.42. The number of H-pyrrole nitrogens is 2. The maximum Gasteiger partial charge on any atom is 0.341 e. The van der Waals surface area contributed by atoms with Gasteiger partial charge < -0.3 is 24.2 Å². The Balaban J connectivity index is 1.60. The molecular weight excluding hydrogens is 701 g/mol. The number of benzene rings is 2. The van der Waals surface area contributed by atoms with Crippen molar-refractivity contribution in [2.24, 2.45) is 0 Å². The zero-order chi connectivity index (χ0) is 39.6. The fourth-order valence-electron chi connectivity index (χ4n) is 7.49. The van der Waals surface area contributed by atoms with Crippen LogP contribution in [-0.4, -0.2) is 52.2 Å². The molecule has 0 aliphatic carbocycles. The Morgan fingerprint density at radius 3 is 2.07 bits per heavy atom. The Morgan fingerprint density at radius 2 is 1.41 bits per heavy atom. The van der Waals surface area contributed by atoms with Crippen molar-refractivity contribution < 1.29 is 23.8 Å². The number of ether oxygens (including phenoxy) is 3. The maximum absolute atomic E-state index is 14.0. The number of nitrogens with zero attached hydrogens (tertiary/aromatic N) is 2. The van der Waals surface area contributed by atoms with Gasteiger partial charge in [0.05, 0.1) is 48.5 Å². The van der Waals surface area contributed by atoms with E-state index >= 15 is 0 Å². The van der Waals surface area contributed by atoms with Gasteiger partial charge in [0.1, 0.15) is 11.5 Å². The van der Waals surface area contributed by atoms with Crippen molar-refractivity contribution >= 4 is 23.0 Å². The third kappa shape index (κ3) is 7.50. The summed E-state index contributed by atoms with van der Waals surface area (Å²) in [6, 6.07) is 25.3. The van der Waals surface area contributed by atoms with Gasteiger partial charge in [-0.05, 0) is 56.3 Å². The summed E-state index contributed by atoms with van der Waals surface area (Å²) in [7, 11) is 1.58. The minimum absolute atomic E-state index is 0.177. The van der Waals surface area contributed by atoms with Crippen molar-refractivity contribution in [2.45, 2.75) is 77.0 Å². The average Bonchev–Trinajstić information content (AvgIpc) is 3.87. The first kappa shape index (κ1) is 38.0. The minimum atomic E-state index is -0.723. The number of nitrogens with one attached hydrogen (secondary N) is 2. The number of esters is 2. The second-order valence-corrected chi connectivity index (χ2v) is 15.4. The highest BCUT2D eigenvalue weighted by atomic mass is 16.5. The second kappa shape index (κ2) is 15.4. The van der Waals surface area contributed by atoms with Gasteiger partial charge in [-0.25, -0.2) is 4.79 Å². The van der Waals surface area contributed by atoms with E-state index < -0.39 is 28.6 Å². The highest BCUT2D eigenvalue weighted by Gasteiger charge is 2.40. The van der Waals surface area contributed by atoms with Gasteiger partial charge in [-0.2, -0.15) is 0 Å². The van der Waals surface area contributed by atoms with Crippen LogP contribution in [0.4, 0.5) is 0 Å². The maximum atomic E-state index is 14.0. The number of hydrogen-bond donors (Lipinski definition) is 2. The average molecular weight is 747 g/mol. The van der Waals surface area contributed by atoms with Gasteiger partial charge >= 0.3 is 11.9 Å². The molecule has 0 saturated carbocycles. The Bertz CT molecular complexity index is 2510. The summed E-state index contributed by atoms with van der Waals surface area (Å²) in [5, 5.41) is 0. The monoisotopic (exact) mass is 746 g/mol. The number of carbonyl (C=O) groups is 2. The summed E-state index contributed by atoms with van der Waals surface area (Å²) in [4.78, 5) is 45.3. The molecule has 0 saturated heterocycles. The Hall–Kier alpha value is -6.32. The molecule has 2 aromatic carbocycles. The summed E-state index contributed by atoms with van der Waals surface area (Å²) in [6.45, 7) is 12.5. The molecule has 9 heteroatoms. The Kier molecular flexibility index (Phi) is 10.5. The Labute approximate surface area is 327 Å². The molecule has 4 aromatic rings. The largest absolute Gasteiger partial charge is 0.493 e. The summed E-state index contributed by atoms with van der Waals surface area (Å²) < 4.78 is 17.5. The van der Waals surface area contributed by atoms with Gasteiger partial charge in [-0.15, -0.1) is 0 Å². The molecule has 8 bridgehead atoms. The number of aromatic amines is 2. The summed E-state index contributed by atoms with van der Waals surface area (Å²) in [6.07, 6.45) is 1.10. The molecule has 2 atom stereocenters. The standard InChI is InChI=1S/C47H46N4O5/c1-8-55-44(52)40-32(22-20-29-16-12-10-13-17-29)34-25-39-47(5,6)28-37(50-39)43(54-7)42-41(45(53)56-9-2)33(23-21-30-18-14-11-15-19-30)35(51-42)26-38-46(3,4)27-31(48-38)24-36(40)49-34/h10-19,24-26,32,40,49,51H,8-9,27-28H2,1-7H3. The van der Waals surface area contributed by atoms with Crippen LogP contribution in [0.2, 0.25) is 0 Å². The predicted octanol–water partition coefficient (Wildman–Crippen LogP) is 8.15. The second-order valence-electron chi connectivity index (χ2n) is 15.4. The molecule has 2 aromatic heterocycles. The van der Waals surface area contributed by atoms with Gasteiger partial charge in [-0.3, -0.25) is 14.8 Å². The van der Waals surface area contributed by atoms with Crippen LogP contribution in [0.15, 0.2) is 78.9 Å². The molecule has 0 fully saturated rings. The topological polar surface area (TPSA) is 119 Å². The lowest BCUT2D eigenvalue weighted by atomic mass is 9.84. The first-order chi connectivity index (χ1) is 26.9. The van der Waals surface area contributed by atoms with E-state index in [1.165, 1.54) is 0 Å². The number of carbonyl (C=O) groups excluding carboxylic acids is 2. The number of hydrogen-bond acceptors (Lipinski definition) is 7. The van der Waals surface area contributed by atoms with E-state index in [-0.39, 0.29) is 24.7 Å². The molecule has 0 spiro atoms. The van der Waals surface area contributed by atoms with Gasteiger partial charge in [0.25, 0.3) is 0 Å². The highest BCUT2D eigenvalue weighted by molar-refractivity contribution is 6.05. The number of fused-ring (bicyclic) bond motifs is 8. The molecule has 0 radical (unpaired) electrons. The van der Waals surface area contributed by atoms with E-state index in [9.17, 15) is 9.59 Å². The van der Waals surface area contributed by atoms with Crippen LogP contribution in [0.1, 0.15) is 115 Å². The molecular formula is C47H46N4O5. The molecule has 3 aliphatic heterocycles. The molecule has 2 N–H and O–H groups in total. The Morgan fingerprint density at radius 1 is 0.768 bits per heavy atom. The normalized spacial score (nSPS) is 17.0. The third-order valence-corrected chi connectivity index (χ3v) is 10.3. The van der Waals surface area contributed by atoms with E-state index in [1.54, 1.807) is 14.0 Å². The fraction of sp³-hybridized carbons (Fsp3) is 0.319. The van der Waals surface area contributed by atoms with E-state index in [0.29, 0.717) is 46.6 Å². The lowest BCUT2D eigenvalue weighted by Gasteiger charge is -2.18. The van der Waals surface area contributed by atoms with E-state index in [2.05, 4.69) is 61.3 Å². The number of aromatic nitrogens is 4. The summed E-state index contributed by atoms with van der Waals surface area (Å²) in [5.74, 6) is 11.5. The quantitative estimate of drug-likeness (QED) is 0.156. The van der Waals surface area contributed by atoms with Crippen molar-refractivity contribution in [2.75, 3.05) is 20.3 Å². The number of rotatable bonds is 5. The molecule has 7 rings (SSSR count). The zero-order valence-electron chi connectivity index (χ0n) is 32.9. The van der Waals surface area contributed by atoms with Gasteiger partial charge in [0, 0.05) is 63.3 Å². The fourth-order valence-corrected chi connectivity index (χ4v) is 7.49. The van der Waals surface area contributed by atoms with Crippen molar-refractivity contribution in [3.63, 3.8) is 0 Å². The smallest absolute Gasteiger partial charge is 0.341 e. The van der Waals surface area contributed by atoms with Crippen molar-refractivity contribution in [1.29, 1.82) is 0 Å². The molecule has 2 unspecified atom stereocenters. The molecule has 56 heavy (non-hydrogen) atoms. The minimum Gasteiger partial charge on any atom is -0.493 e. The SMILES string of the molecule is CCOC(=O)c1c(C#Cc2ccccc2)c2cc3nc(cc4[nH]c(cc5nc(c(OC)c1[nH]2)CC5(C)C)C(C#Cc1ccccc1)C4C(=O)OCC)CC3(C)C. The van der Waals surface area contributed by atoms with E-state index in [0.717, 1.165) is 33.9 Å². The van der Waals surface area contributed by atoms with Crippen LogP contribution in [-0.2, 0) is 37.9 Å². The van der Waals surface area contributed by atoms with Crippen molar-refractivity contribution in [3.05, 3.63) is 135 Å². The number of methoxy groups -OCH3 is 1. The lowest BCUT2D eigenvalue weighted by Crippen LogP contribution is -2.19. The van der Waals surface area contributed by atoms with Crippen LogP contribution < -0.4 is 4.74 Å². The van der Waals surface area contributed by atoms with Crippen LogP contribution >= 0.6 is 0 Å². The lowest BCUT2D eigenvalue weighted by molar-refractivity contribution is -0.145. The zero-order valence-corrected chi connectivity index (χ0v) is 32.9. The first-order valence-corrected chi connectivity index (χ1v) is 19.0. The van der Waals surface area contributed by atoms with Crippen LogP contribution in [0.3, 0.4) is 0 Å².